The number of ether oxygens (including phenoxy) is 3. The fourth-order valence-corrected chi connectivity index (χ4v) is 16.5. The molecule has 12 heteroatoms. The minimum Gasteiger partial charge on any atom is -0.478 e. The van der Waals surface area contributed by atoms with E-state index >= 15 is 0 Å². The van der Waals surface area contributed by atoms with Gasteiger partial charge in [0.25, 0.3) is 0 Å². The molecule has 12 rings (SSSR count). The number of rotatable bonds is 12. The number of nitrogen functional groups attached to an aromatic ring is 1. The number of halogens is 1. The Morgan fingerprint density at radius 1 is 0.370 bits per heavy atom. The number of carboxylic acid groups (broad SMARTS) is 1. The predicted octanol–water partition coefficient (Wildman–Crippen LogP) is 24.2. The Hall–Kier alpha value is -8.23. The second-order valence-electron chi connectivity index (χ2n) is 35.8. The van der Waals surface area contributed by atoms with Crippen LogP contribution < -0.4 is 15.5 Å². The van der Waals surface area contributed by atoms with E-state index in [0.29, 0.717) is 27.7 Å². The van der Waals surface area contributed by atoms with Crippen LogP contribution in [0.2, 0.25) is 0 Å². The highest BCUT2D eigenvalue weighted by atomic mass is 127. The smallest absolute Gasteiger partial charge is 0.337 e. The summed E-state index contributed by atoms with van der Waals surface area (Å²) < 4.78 is 15.2. The molecule has 0 saturated carbocycles. The first-order valence-electron chi connectivity index (χ1n) is 38.7. The van der Waals surface area contributed by atoms with E-state index in [0.717, 1.165) is 40.1 Å². The second-order valence-corrected chi connectivity index (χ2v) is 37.0. The number of fused-ring (bicyclic) bond motifs is 4. The highest BCUT2D eigenvalue weighted by Gasteiger charge is 2.42. The molecule has 0 spiro atoms. The molecule has 8 aromatic rings. The second kappa shape index (κ2) is 33.5. The standard InChI is InChI=1S/C25H33NO2.C24H31NO2.C24H30O2.C15H23N.C8H7IO2/c1-8-26(19-11-9-18(10-12-19)23(27)28-7)22-16-21-20(15-17(22)2)24(3,4)13-14-25(21,5)6;1-7-25(18-10-8-17(9-11-18)22(26)27)21-15-20-19(14-16(21)2)23(3,4)12-13-24(20,5)6;1-16-13-20-21(24(4,5)12-11-23(20,2)3)15-19(16)14-17-7-9-18(10-8-17)22(25)26-6;1-10-8-11-12(9-13(10)16)15(4,5)7-6-14(11,2)3;1-11-8(10)6-2-4-7(9)5-3-6/h9-12,15-16H,8,13-14H2,1-7H3;8-11,14-15H,7,12-13H2,1-6H3,(H,26,27);7-10,13,15H,11-12,14H2,1-6H3;8-9H,6-7,16H2,1-5H3;2-5H,1H3. The molecule has 0 radical (unpaired) electrons. The third kappa shape index (κ3) is 19.3. The molecule has 0 atom stereocenters. The van der Waals surface area contributed by atoms with Gasteiger partial charge in [0.1, 0.15) is 0 Å². The normalized spacial score (nSPS) is 17.1. The zero-order valence-electron chi connectivity index (χ0n) is 69.8. The van der Waals surface area contributed by atoms with Crippen molar-refractivity contribution in [3.63, 3.8) is 0 Å². The third-order valence-electron chi connectivity index (χ3n) is 24.2. The molecule has 578 valence electrons. The van der Waals surface area contributed by atoms with Crippen LogP contribution in [0.4, 0.5) is 28.4 Å². The van der Waals surface area contributed by atoms with E-state index in [1.54, 1.807) is 24.3 Å². The van der Waals surface area contributed by atoms with Crippen molar-refractivity contribution in [1.29, 1.82) is 0 Å². The van der Waals surface area contributed by atoms with Crippen LogP contribution in [-0.2, 0) is 64.0 Å². The number of methoxy groups -OCH3 is 3. The van der Waals surface area contributed by atoms with Gasteiger partial charge >= 0.3 is 23.9 Å². The van der Waals surface area contributed by atoms with Gasteiger partial charge in [0.15, 0.2) is 0 Å². The Morgan fingerprint density at radius 3 is 0.935 bits per heavy atom. The van der Waals surface area contributed by atoms with Gasteiger partial charge in [-0.05, 0) is 346 Å². The van der Waals surface area contributed by atoms with Crippen molar-refractivity contribution in [2.45, 2.75) is 253 Å². The summed E-state index contributed by atoms with van der Waals surface area (Å²) in [4.78, 5) is 50.0. The van der Waals surface area contributed by atoms with Crippen molar-refractivity contribution >= 4 is 74.9 Å². The van der Waals surface area contributed by atoms with Crippen LogP contribution in [0.5, 0.6) is 0 Å². The van der Waals surface area contributed by atoms with E-state index < -0.39 is 5.97 Å². The number of anilines is 5. The van der Waals surface area contributed by atoms with Crippen LogP contribution in [0.15, 0.2) is 146 Å². The van der Waals surface area contributed by atoms with Gasteiger partial charge in [0, 0.05) is 45.1 Å². The zero-order valence-corrected chi connectivity index (χ0v) is 71.9. The molecule has 0 aromatic heterocycles. The van der Waals surface area contributed by atoms with E-state index in [4.69, 9.17) is 20.3 Å². The lowest BCUT2D eigenvalue weighted by Gasteiger charge is -2.43. The van der Waals surface area contributed by atoms with Crippen molar-refractivity contribution in [2.24, 2.45) is 0 Å². The van der Waals surface area contributed by atoms with Crippen LogP contribution in [0.25, 0.3) is 0 Å². The summed E-state index contributed by atoms with van der Waals surface area (Å²) in [6.45, 7) is 52.4. The molecule has 11 nitrogen and oxygen atoms in total. The van der Waals surface area contributed by atoms with Gasteiger partial charge in [-0.3, -0.25) is 0 Å². The average Bonchev–Trinajstić information content (AvgIpc) is 0.761. The minimum atomic E-state index is -0.890. The van der Waals surface area contributed by atoms with Crippen molar-refractivity contribution in [3.8, 4) is 0 Å². The van der Waals surface area contributed by atoms with Gasteiger partial charge < -0.3 is 34.9 Å². The molecule has 4 aliphatic carbocycles. The molecule has 0 amide bonds. The number of nitrogens with zero attached hydrogens (tertiary/aromatic N) is 2. The molecule has 0 aliphatic heterocycles. The molecule has 0 bridgehead atoms. The first-order chi connectivity index (χ1) is 50.3. The van der Waals surface area contributed by atoms with Crippen LogP contribution in [0, 0.1) is 31.3 Å². The summed E-state index contributed by atoms with van der Waals surface area (Å²) in [5.41, 5.74) is 35.0. The maximum Gasteiger partial charge on any atom is 0.337 e. The molecule has 0 unspecified atom stereocenters. The topological polar surface area (TPSA) is 149 Å². The van der Waals surface area contributed by atoms with Crippen molar-refractivity contribution in [1.82, 2.24) is 0 Å². The lowest BCUT2D eigenvalue weighted by atomic mass is 9.62. The summed E-state index contributed by atoms with van der Waals surface area (Å²) >= 11 is 2.18. The Morgan fingerprint density at radius 2 is 0.630 bits per heavy atom. The fourth-order valence-electron chi connectivity index (χ4n) is 16.2. The van der Waals surface area contributed by atoms with Crippen molar-refractivity contribution in [2.75, 3.05) is 50.0 Å². The Kier molecular flexibility index (Phi) is 26.5. The monoisotopic (exact) mass is 1570 g/mol. The molecule has 4 aliphatic rings. The minimum absolute atomic E-state index is 0.167. The number of hydrogen-bond donors (Lipinski definition) is 2. The predicted molar refractivity (Wildman–Crippen MR) is 458 cm³/mol. The fraction of sp³-hybridized carbons (Fsp3) is 0.458. The summed E-state index contributed by atoms with van der Waals surface area (Å²) in [5.74, 6) is -1.77. The third-order valence-corrected chi connectivity index (χ3v) is 24.9. The van der Waals surface area contributed by atoms with Gasteiger partial charge in [-0.15, -0.1) is 0 Å². The van der Waals surface area contributed by atoms with Crippen molar-refractivity contribution in [3.05, 3.63) is 249 Å². The zero-order chi connectivity index (χ0) is 80.2. The number of hydrogen-bond acceptors (Lipinski definition) is 10. The van der Waals surface area contributed by atoms with E-state index in [9.17, 15) is 19.2 Å². The Balaban J connectivity index is 0.000000175. The number of benzene rings is 8. The van der Waals surface area contributed by atoms with Gasteiger partial charge in [-0.25, -0.2) is 19.2 Å². The molecule has 0 fully saturated rings. The number of esters is 3. The molecule has 8 aromatic carbocycles. The summed E-state index contributed by atoms with van der Waals surface area (Å²) in [5, 5.41) is 9.16. The SMILES string of the molecule is CCN(c1ccc(C(=O)O)cc1)c1cc2c(cc1C)C(C)(C)CCC2(C)C.CCN(c1ccc(C(=O)OC)cc1)c1cc2c(cc1C)C(C)(C)CCC2(C)C.COC(=O)c1ccc(Cc2cc3c(cc2C)C(C)(C)CCC3(C)C)cc1.COC(=O)c1ccc(I)cc1.Cc1cc2c(cc1N)C(C)(C)CCC2(C)C. The lowest BCUT2D eigenvalue weighted by Crippen LogP contribution is -2.34. The van der Waals surface area contributed by atoms with Crippen LogP contribution in [-0.4, -0.2) is 63.4 Å². The molecular weight excluding hydrogens is 1450 g/mol. The molecular formula is C96H124IN3O8. The Labute approximate surface area is 661 Å². The van der Waals surface area contributed by atoms with Crippen LogP contribution in [0.1, 0.15) is 295 Å². The van der Waals surface area contributed by atoms with Crippen LogP contribution >= 0.6 is 22.6 Å². The van der Waals surface area contributed by atoms with Crippen molar-refractivity contribution < 1.29 is 38.5 Å². The summed E-state index contributed by atoms with van der Waals surface area (Å²) in [6, 6.07) is 48.7. The largest absolute Gasteiger partial charge is 0.478 e. The van der Waals surface area contributed by atoms with E-state index in [1.807, 2.05) is 72.8 Å². The summed E-state index contributed by atoms with van der Waals surface area (Å²) in [7, 11) is 4.20. The number of nitrogens with two attached hydrogens (primary N) is 1. The van der Waals surface area contributed by atoms with Gasteiger partial charge in [0.05, 0.1) is 43.6 Å². The number of carbonyl (C=O) groups is 4. The Bertz CT molecular complexity index is 4510. The molecule has 0 saturated heterocycles. The number of aromatic carboxylic acids is 1. The highest BCUT2D eigenvalue weighted by Crippen LogP contribution is 2.52. The average molecular weight is 1570 g/mol. The van der Waals surface area contributed by atoms with Gasteiger partial charge in [-0.1, -0.05) is 153 Å². The number of carboxylic acids is 1. The highest BCUT2D eigenvalue weighted by molar-refractivity contribution is 14.1. The van der Waals surface area contributed by atoms with Gasteiger partial charge in [-0.2, -0.15) is 0 Å². The molecule has 0 heterocycles. The number of carbonyl (C=O) groups excluding carboxylic acids is 3. The maximum atomic E-state index is 11.7. The van der Waals surface area contributed by atoms with Gasteiger partial charge in [0.2, 0.25) is 0 Å². The molecule has 108 heavy (non-hydrogen) atoms. The van der Waals surface area contributed by atoms with E-state index in [1.165, 1.54) is 162 Å². The van der Waals surface area contributed by atoms with E-state index in [-0.39, 0.29) is 55.8 Å². The first-order valence-corrected chi connectivity index (χ1v) is 39.8. The first kappa shape index (κ1) is 85.4. The quantitative estimate of drug-likeness (QED) is 0.0521. The maximum absolute atomic E-state index is 11.7. The summed E-state index contributed by atoms with van der Waals surface area (Å²) in [6.07, 6.45) is 10.7. The number of aryl methyl sites for hydroxylation is 4. The molecule has 3 N–H and O–H groups in total. The van der Waals surface area contributed by atoms with E-state index in [2.05, 4.69) is 238 Å². The lowest BCUT2D eigenvalue weighted by molar-refractivity contribution is 0.0592. The van der Waals surface area contributed by atoms with Crippen LogP contribution in [0.3, 0.4) is 0 Å².